The van der Waals surface area contributed by atoms with Crippen molar-refractivity contribution in [3.05, 3.63) is 51.3 Å². The summed E-state index contributed by atoms with van der Waals surface area (Å²) in [5.41, 5.74) is 4.31. The lowest BCUT2D eigenvalue weighted by atomic mass is 10.0. The zero-order valence-electron chi connectivity index (χ0n) is 13.8. The highest BCUT2D eigenvalue weighted by molar-refractivity contribution is 9.10. The lowest BCUT2D eigenvalue weighted by Gasteiger charge is -2.25. The minimum Gasteiger partial charge on any atom is -0.335 e. The number of carbonyl (C=O) groups is 1. The van der Waals surface area contributed by atoms with Gasteiger partial charge in [-0.3, -0.25) is 9.48 Å². The summed E-state index contributed by atoms with van der Waals surface area (Å²) in [6.45, 7) is 4.85. The second kappa shape index (κ2) is 6.48. The summed E-state index contributed by atoms with van der Waals surface area (Å²) in [4.78, 5) is 14.9. The van der Waals surface area contributed by atoms with Crippen molar-refractivity contribution in [1.82, 2.24) is 14.7 Å². The Morgan fingerprint density at radius 3 is 2.83 bits per heavy atom. The molecule has 0 radical (unpaired) electrons. The third-order valence-electron chi connectivity index (χ3n) is 4.79. The van der Waals surface area contributed by atoms with Crippen molar-refractivity contribution in [2.45, 2.75) is 39.2 Å². The first kappa shape index (κ1) is 16.2. The van der Waals surface area contributed by atoms with Crippen LogP contribution in [0.2, 0.25) is 0 Å². The summed E-state index contributed by atoms with van der Waals surface area (Å²) in [5, 5.41) is 4.42. The second-order valence-corrected chi connectivity index (χ2v) is 7.17. The van der Waals surface area contributed by atoms with E-state index in [1.54, 1.807) is 0 Å². The summed E-state index contributed by atoms with van der Waals surface area (Å²) >= 11 is 3.53. The van der Waals surface area contributed by atoms with E-state index < -0.39 is 0 Å². The highest BCUT2D eigenvalue weighted by Crippen LogP contribution is 2.33. The third kappa shape index (κ3) is 3.20. The molecule has 1 atom stereocenters. The molecule has 4 nitrogen and oxygen atoms in total. The van der Waals surface area contributed by atoms with Gasteiger partial charge in [-0.05, 0) is 44.4 Å². The Morgan fingerprint density at radius 2 is 2.17 bits per heavy atom. The molecule has 1 saturated heterocycles. The predicted octanol–water partition coefficient (Wildman–Crippen LogP) is 3.71. The van der Waals surface area contributed by atoms with E-state index in [4.69, 9.17) is 0 Å². The molecule has 0 bridgehead atoms. The molecule has 3 rings (SSSR count). The fourth-order valence-corrected chi connectivity index (χ4v) is 3.87. The van der Waals surface area contributed by atoms with Crippen molar-refractivity contribution in [3.8, 4) is 0 Å². The monoisotopic (exact) mass is 375 g/mol. The molecular weight excluding hydrogens is 354 g/mol. The molecule has 1 aliphatic heterocycles. The van der Waals surface area contributed by atoms with E-state index >= 15 is 0 Å². The Bertz CT molecular complexity index is 738. The van der Waals surface area contributed by atoms with Crippen LogP contribution in [0.4, 0.5) is 0 Å². The van der Waals surface area contributed by atoms with Crippen LogP contribution in [0.3, 0.4) is 0 Å². The molecular formula is C18H22BrN3O. The number of likely N-dealkylation sites (tertiary alicyclic amines) is 1. The average Bonchev–Trinajstić information content (AvgIpc) is 3.08. The average molecular weight is 376 g/mol. The molecule has 5 heteroatoms. The number of aromatic nitrogens is 2. The van der Waals surface area contributed by atoms with Gasteiger partial charge in [0.2, 0.25) is 5.91 Å². The number of carbonyl (C=O) groups excluding carboxylic acids is 1. The van der Waals surface area contributed by atoms with Gasteiger partial charge in [0, 0.05) is 29.3 Å². The Morgan fingerprint density at radius 1 is 1.39 bits per heavy atom. The van der Waals surface area contributed by atoms with Crippen LogP contribution >= 0.6 is 15.9 Å². The van der Waals surface area contributed by atoms with Gasteiger partial charge in [-0.25, -0.2) is 0 Å². The van der Waals surface area contributed by atoms with Crippen molar-refractivity contribution in [3.63, 3.8) is 0 Å². The van der Waals surface area contributed by atoms with Gasteiger partial charge < -0.3 is 4.90 Å². The minimum absolute atomic E-state index is 0.192. The topological polar surface area (TPSA) is 38.1 Å². The van der Waals surface area contributed by atoms with E-state index in [0.29, 0.717) is 6.42 Å². The van der Waals surface area contributed by atoms with Gasteiger partial charge in [0.05, 0.1) is 18.2 Å². The molecule has 0 N–H and O–H groups in total. The molecule has 0 saturated carbocycles. The van der Waals surface area contributed by atoms with Crippen LogP contribution in [0.1, 0.15) is 41.4 Å². The van der Waals surface area contributed by atoms with E-state index in [0.717, 1.165) is 40.8 Å². The fraction of sp³-hybridized carbons (Fsp3) is 0.444. The number of nitrogens with zero attached hydrogens (tertiary/aromatic N) is 3. The van der Waals surface area contributed by atoms with Crippen LogP contribution in [0.15, 0.2) is 28.7 Å². The molecule has 1 fully saturated rings. The maximum atomic E-state index is 12.9. The summed E-state index contributed by atoms with van der Waals surface area (Å²) in [6.07, 6.45) is 2.54. The maximum Gasteiger partial charge on any atom is 0.227 e. The van der Waals surface area contributed by atoms with Gasteiger partial charge in [0.15, 0.2) is 0 Å². The van der Waals surface area contributed by atoms with Crippen LogP contribution in [-0.4, -0.2) is 27.1 Å². The van der Waals surface area contributed by atoms with Gasteiger partial charge in [-0.2, -0.15) is 5.10 Å². The SMILES string of the molecule is Cc1nn(C)c(C)c1CC(=O)N1CCC[C@H]1c1cccc(Br)c1. The van der Waals surface area contributed by atoms with E-state index in [1.165, 1.54) is 5.56 Å². The summed E-state index contributed by atoms with van der Waals surface area (Å²) < 4.78 is 2.92. The summed E-state index contributed by atoms with van der Waals surface area (Å²) in [6, 6.07) is 8.48. The molecule has 0 aliphatic carbocycles. The highest BCUT2D eigenvalue weighted by Gasteiger charge is 2.30. The molecule has 122 valence electrons. The lowest BCUT2D eigenvalue weighted by Crippen LogP contribution is -2.32. The molecule has 23 heavy (non-hydrogen) atoms. The largest absolute Gasteiger partial charge is 0.335 e. The van der Waals surface area contributed by atoms with E-state index in [2.05, 4.69) is 33.2 Å². The molecule has 2 aromatic rings. The van der Waals surface area contributed by atoms with Gasteiger partial charge in [0.25, 0.3) is 0 Å². The first-order chi connectivity index (χ1) is 11.0. The van der Waals surface area contributed by atoms with Crippen LogP contribution in [0.5, 0.6) is 0 Å². The Kier molecular flexibility index (Phi) is 4.57. The van der Waals surface area contributed by atoms with Crippen molar-refractivity contribution < 1.29 is 4.79 Å². The second-order valence-electron chi connectivity index (χ2n) is 6.25. The Balaban J connectivity index is 1.81. The number of benzene rings is 1. The number of rotatable bonds is 3. The predicted molar refractivity (Wildman–Crippen MR) is 94.2 cm³/mol. The maximum absolute atomic E-state index is 12.9. The minimum atomic E-state index is 0.192. The van der Waals surface area contributed by atoms with Crippen molar-refractivity contribution in [1.29, 1.82) is 0 Å². The van der Waals surface area contributed by atoms with E-state index in [-0.39, 0.29) is 11.9 Å². The first-order valence-corrected chi connectivity index (χ1v) is 8.80. The molecule has 0 unspecified atom stereocenters. The molecule has 1 amide bonds. The van der Waals surface area contributed by atoms with Crippen molar-refractivity contribution >= 4 is 21.8 Å². The molecule has 0 spiro atoms. The molecule has 1 aromatic carbocycles. The quantitative estimate of drug-likeness (QED) is 0.819. The van der Waals surface area contributed by atoms with Crippen molar-refractivity contribution in [2.24, 2.45) is 7.05 Å². The number of aryl methyl sites for hydroxylation is 2. The number of amides is 1. The number of hydrogen-bond donors (Lipinski definition) is 0. The Hall–Kier alpha value is -1.62. The Labute approximate surface area is 145 Å². The van der Waals surface area contributed by atoms with Crippen LogP contribution in [0.25, 0.3) is 0 Å². The van der Waals surface area contributed by atoms with Crippen LogP contribution in [-0.2, 0) is 18.3 Å². The molecule has 1 aliphatic rings. The summed E-state index contributed by atoms with van der Waals surface area (Å²) in [7, 11) is 1.93. The molecule has 2 heterocycles. The number of hydrogen-bond acceptors (Lipinski definition) is 2. The standard InChI is InChI=1S/C18H22BrN3O/c1-12-16(13(2)21(3)20-12)11-18(23)22-9-5-8-17(22)14-6-4-7-15(19)10-14/h4,6-7,10,17H,5,8-9,11H2,1-3H3/t17-/m0/s1. The zero-order valence-corrected chi connectivity index (χ0v) is 15.4. The smallest absolute Gasteiger partial charge is 0.227 e. The van der Waals surface area contributed by atoms with Gasteiger partial charge in [0.1, 0.15) is 0 Å². The number of halogens is 1. The lowest BCUT2D eigenvalue weighted by molar-refractivity contribution is -0.131. The van der Waals surface area contributed by atoms with Gasteiger partial charge in [-0.15, -0.1) is 0 Å². The van der Waals surface area contributed by atoms with Crippen LogP contribution in [0, 0.1) is 13.8 Å². The highest BCUT2D eigenvalue weighted by atomic mass is 79.9. The van der Waals surface area contributed by atoms with Gasteiger partial charge in [-0.1, -0.05) is 28.1 Å². The molecule has 1 aromatic heterocycles. The summed E-state index contributed by atoms with van der Waals surface area (Å²) in [5.74, 6) is 0.201. The van der Waals surface area contributed by atoms with Gasteiger partial charge >= 0.3 is 0 Å². The third-order valence-corrected chi connectivity index (χ3v) is 5.29. The zero-order chi connectivity index (χ0) is 16.6. The first-order valence-electron chi connectivity index (χ1n) is 8.01. The van der Waals surface area contributed by atoms with Crippen LogP contribution < -0.4 is 0 Å². The van der Waals surface area contributed by atoms with Crippen molar-refractivity contribution in [2.75, 3.05) is 6.54 Å². The van der Waals surface area contributed by atoms with E-state index in [9.17, 15) is 4.79 Å². The fourth-order valence-electron chi connectivity index (χ4n) is 3.45. The van der Waals surface area contributed by atoms with E-state index in [1.807, 2.05) is 42.6 Å². The normalized spacial score (nSPS) is 17.7.